The molecule has 0 aliphatic heterocycles. The molecule has 0 unspecified atom stereocenters. The number of amides is 1. The van der Waals surface area contributed by atoms with Gasteiger partial charge in [0.2, 0.25) is 0 Å². The predicted molar refractivity (Wildman–Crippen MR) is 82.4 cm³/mol. The van der Waals surface area contributed by atoms with Crippen LogP contribution in [0.4, 0.5) is 14.5 Å². The van der Waals surface area contributed by atoms with Gasteiger partial charge in [-0.1, -0.05) is 29.4 Å². The third kappa shape index (κ3) is 4.44. The van der Waals surface area contributed by atoms with E-state index in [1.807, 2.05) is 13.0 Å². The molecule has 2 rings (SSSR count). The van der Waals surface area contributed by atoms with Gasteiger partial charge in [-0.15, -0.1) is 0 Å². The average molecular weight is 328 g/mol. The van der Waals surface area contributed by atoms with Crippen molar-refractivity contribution >= 4 is 35.0 Å². The highest BCUT2D eigenvalue weighted by Crippen LogP contribution is 2.26. The summed E-state index contributed by atoms with van der Waals surface area (Å²) in [6, 6.07) is 11.3. The summed E-state index contributed by atoms with van der Waals surface area (Å²) in [7, 11) is 0. The summed E-state index contributed by atoms with van der Waals surface area (Å²) in [5, 5.41) is 3.14. The lowest BCUT2D eigenvalue weighted by Gasteiger charge is -2.08. The first-order valence-electron chi connectivity index (χ1n) is 6.08. The van der Waals surface area contributed by atoms with E-state index in [1.54, 1.807) is 12.1 Å². The van der Waals surface area contributed by atoms with Crippen LogP contribution in [0.15, 0.2) is 47.4 Å². The topological polar surface area (TPSA) is 29.1 Å². The lowest BCUT2D eigenvalue weighted by molar-refractivity contribution is 0.102. The van der Waals surface area contributed by atoms with Gasteiger partial charge in [0.05, 0.1) is 10.7 Å². The van der Waals surface area contributed by atoms with E-state index in [1.165, 1.54) is 24.3 Å². The molecule has 2 aromatic rings. The van der Waals surface area contributed by atoms with Gasteiger partial charge in [0.1, 0.15) is 0 Å². The first kappa shape index (κ1) is 15.8. The quantitative estimate of drug-likeness (QED) is 0.780. The standard InChI is InChI=1S/C15H12ClF2NOS/c1-9-2-7-13(12(16)8-9)19-14(20)10-3-5-11(6-4-10)21-15(17)18/h2-8,15H,1H3,(H,19,20). The minimum Gasteiger partial charge on any atom is -0.321 e. The summed E-state index contributed by atoms with van der Waals surface area (Å²) in [6.07, 6.45) is 0. The Hall–Kier alpha value is -1.59. The van der Waals surface area contributed by atoms with Crippen LogP contribution >= 0.6 is 23.4 Å². The zero-order valence-electron chi connectivity index (χ0n) is 11.1. The molecular formula is C15H12ClF2NOS. The molecule has 0 spiro atoms. The van der Waals surface area contributed by atoms with Crippen LogP contribution in [0.2, 0.25) is 5.02 Å². The van der Waals surface area contributed by atoms with Crippen molar-refractivity contribution in [1.29, 1.82) is 0 Å². The normalized spacial score (nSPS) is 10.7. The first-order chi connectivity index (χ1) is 9.95. The zero-order valence-corrected chi connectivity index (χ0v) is 12.6. The number of hydrogen-bond donors (Lipinski definition) is 1. The van der Waals surface area contributed by atoms with Gasteiger partial charge < -0.3 is 5.32 Å². The highest BCUT2D eigenvalue weighted by Gasteiger charge is 2.10. The summed E-state index contributed by atoms with van der Waals surface area (Å²) in [4.78, 5) is 12.5. The van der Waals surface area contributed by atoms with Crippen molar-refractivity contribution in [3.63, 3.8) is 0 Å². The van der Waals surface area contributed by atoms with E-state index in [0.29, 0.717) is 32.9 Å². The van der Waals surface area contributed by atoms with Gasteiger partial charge in [0, 0.05) is 10.5 Å². The van der Waals surface area contributed by atoms with E-state index in [9.17, 15) is 13.6 Å². The molecule has 1 N–H and O–H groups in total. The van der Waals surface area contributed by atoms with Crippen LogP contribution in [0.1, 0.15) is 15.9 Å². The molecule has 0 aliphatic rings. The van der Waals surface area contributed by atoms with E-state index in [-0.39, 0.29) is 5.91 Å². The fourth-order valence-electron chi connectivity index (χ4n) is 1.70. The highest BCUT2D eigenvalue weighted by atomic mass is 35.5. The Balaban J connectivity index is 2.09. The van der Waals surface area contributed by atoms with Crippen molar-refractivity contribution in [2.45, 2.75) is 17.6 Å². The molecule has 1 amide bonds. The average Bonchev–Trinajstić information content (AvgIpc) is 2.42. The number of anilines is 1. The lowest BCUT2D eigenvalue weighted by Crippen LogP contribution is -2.12. The maximum atomic E-state index is 12.2. The molecule has 0 saturated heterocycles. The third-order valence-corrected chi connectivity index (χ3v) is 3.75. The van der Waals surface area contributed by atoms with Crippen molar-refractivity contribution in [3.8, 4) is 0 Å². The minimum absolute atomic E-state index is 0.339. The van der Waals surface area contributed by atoms with Crippen LogP contribution in [0.5, 0.6) is 0 Å². The molecule has 0 atom stereocenters. The van der Waals surface area contributed by atoms with Gasteiger partial charge in [0.15, 0.2) is 0 Å². The van der Waals surface area contributed by atoms with Crippen molar-refractivity contribution in [2.24, 2.45) is 0 Å². The number of benzene rings is 2. The van der Waals surface area contributed by atoms with E-state index in [2.05, 4.69) is 5.32 Å². The number of hydrogen-bond acceptors (Lipinski definition) is 2. The van der Waals surface area contributed by atoms with Crippen molar-refractivity contribution in [3.05, 3.63) is 58.6 Å². The predicted octanol–water partition coefficient (Wildman–Crippen LogP) is 5.22. The fourth-order valence-corrected chi connectivity index (χ4v) is 2.49. The number of carbonyl (C=O) groups is 1. The van der Waals surface area contributed by atoms with E-state index < -0.39 is 5.76 Å². The van der Waals surface area contributed by atoms with Gasteiger partial charge in [-0.25, -0.2) is 0 Å². The number of thioether (sulfide) groups is 1. The van der Waals surface area contributed by atoms with Gasteiger partial charge in [0.25, 0.3) is 11.7 Å². The van der Waals surface area contributed by atoms with Gasteiger partial charge in [-0.2, -0.15) is 8.78 Å². The maximum Gasteiger partial charge on any atom is 0.288 e. The second kappa shape index (κ2) is 6.91. The van der Waals surface area contributed by atoms with Crippen molar-refractivity contribution in [1.82, 2.24) is 0 Å². The molecular weight excluding hydrogens is 316 g/mol. The highest BCUT2D eigenvalue weighted by molar-refractivity contribution is 7.99. The maximum absolute atomic E-state index is 12.2. The molecule has 2 nitrogen and oxygen atoms in total. The molecule has 6 heteroatoms. The van der Waals surface area contributed by atoms with Gasteiger partial charge in [-0.05, 0) is 48.9 Å². The Bertz CT molecular complexity index is 647. The van der Waals surface area contributed by atoms with Gasteiger partial charge in [-0.3, -0.25) is 4.79 Å². The second-order valence-corrected chi connectivity index (χ2v) is 5.81. The SMILES string of the molecule is Cc1ccc(NC(=O)c2ccc(SC(F)F)cc2)c(Cl)c1. The monoisotopic (exact) mass is 327 g/mol. The Labute approximate surface area is 130 Å². The van der Waals surface area contributed by atoms with Crippen LogP contribution in [0.25, 0.3) is 0 Å². The third-order valence-electron chi connectivity index (χ3n) is 2.71. The van der Waals surface area contributed by atoms with Crippen LogP contribution in [0.3, 0.4) is 0 Å². The fraction of sp³-hybridized carbons (Fsp3) is 0.133. The summed E-state index contributed by atoms with van der Waals surface area (Å²) in [5.74, 6) is -2.81. The molecule has 0 aromatic heterocycles. The molecule has 0 radical (unpaired) electrons. The largest absolute Gasteiger partial charge is 0.321 e. The summed E-state index contributed by atoms with van der Waals surface area (Å²) < 4.78 is 24.4. The van der Waals surface area contributed by atoms with Crippen molar-refractivity contribution in [2.75, 3.05) is 5.32 Å². The van der Waals surface area contributed by atoms with Gasteiger partial charge >= 0.3 is 0 Å². The number of nitrogens with one attached hydrogen (secondary N) is 1. The smallest absolute Gasteiger partial charge is 0.288 e. The molecule has 110 valence electrons. The minimum atomic E-state index is -2.48. The molecule has 0 bridgehead atoms. The van der Waals surface area contributed by atoms with Crippen LogP contribution < -0.4 is 5.32 Å². The number of alkyl halides is 2. The second-order valence-electron chi connectivity index (χ2n) is 4.34. The summed E-state index contributed by atoms with van der Waals surface area (Å²) in [6.45, 7) is 1.90. The molecule has 0 fully saturated rings. The van der Waals surface area contributed by atoms with Crippen LogP contribution in [-0.4, -0.2) is 11.7 Å². The van der Waals surface area contributed by atoms with Crippen molar-refractivity contribution < 1.29 is 13.6 Å². The number of aryl methyl sites for hydroxylation is 1. The van der Waals surface area contributed by atoms with E-state index >= 15 is 0 Å². The summed E-state index contributed by atoms with van der Waals surface area (Å²) >= 11 is 6.48. The molecule has 2 aromatic carbocycles. The Morgan fingerprint density at radius 3 is 2.43 bits per heavy atom. The molecule has 21 heavy (non-hydrogen) atoms. The van der Waals surface area contributed by atoms with Crippen LogP contribution in [0, 0.1) is 6.92 Å². The number of carbonyl (C=O) groups excluding carboxylic acids is 1. The Morgan fingerprint density at radius 1 is 1.19 bits per heavy atom. The number of rotatable bonds is 4. The summed E-state index contributed by atoms with van der Waals surface area (Å²) in [5.41, 5.74) is 1.88. The van der Waals surface area contributed by atoms with E-state index in [4.69, 9.17) is 11.6 Å². The lowest BCUT2D eigenvalue weighted by atomic mass is 10.2. The molecule has 0 aliphatic carbocycles. The molecule has 0 heterocycles. The Kier molecular flexibility index (Phi) is 5.20. The Morgan fingerprint density at radius 2 is 1.86 bits per heavy atom. The number of halogens is 3. The van der Waals surface area contributed by atoms with E-state index in [0.717, 1.165) is 5.56 Å². The molecule has 0 saturated carbocycles. The first-order valence-corrected chi connectivity index (χ1v) is 7.34. The zero-order chi connectivity index (χ0) is 15.4. The van der Waals surface area contributed by atoms with Crippen LogP contribution in [-0.2, 0) is 0 Å².